The van der Waals surface area contributed by atoms with E-state index < -0.39 is 0 Å². The average Bonchev–Trinajstić information content (AvgIpc) is 2.61. The Morgan fingerprint density at radius 1 is 1.42 bits per heavy atom. The Kier molecular flexibility index (Phi) is 6.53. The van der Waals surface area contributed by atoms with E-state index in [0.717, 1.165) is 10.4 Å². The smallest absolute Gasteiger partial charge is 0.320 e. The molecule has 0 radical (unpaired) electrons. The number of likely N-dealkylation sites (N-methyl/N-ethyl adjacent to an activating group) is 1. The second kappa shape index (κ2) is 8.85. The molecular weight excluding hydrogens is 310 g/mol. The third-order valence-corrected chi connectivity index (χ3v) is 3.38. The third-order valence-electron chi connectivity index (χ3n) is 3.38. The topological polar surface area (TPSA) is 87.4 Å². The highest BCUT2D eigenvalue weighted by Gasteiger charge is 2.28. The minimum absolute atomic E-state index is 0.100. The molecule has 128 valence electrons. The molecule has 0 fully saturated rings. The minimum atomic E-state index is -0.204. The van der Waals surface area contributed by atoms with Crippen molar-refractivity contribution in [2.75, 3.05) is 20.3 Å². The van der Waals surface area contributed by atoms with Gasteiger partial charge in [0.1, 0.15) is 0 Å². The molecule has 0 bridgehead atoms. The van der Waals surface area contributed by atoms with Gasteiger partial charge in [-0.25, -0.2) is 4.84 Å². The predicted molar refractivity (Wildman–Crippen MR) is 88.2 cm³/mol. The number of hydrogen-bond acceptors (Lipinski definition) is 4. The second-order valence-electron chi connectivity index (χ2n) is 5.08. The first-order valence-corrected chi connectivity index (χ1v) is 7.74. The lowest BCUT2D eigenvalue weighted by atomic mass is 10.1. The quantitative estimate of drug-likeness (QED) is 0.300. The fourth-order valence-electron chi connectivity index (χ4n) is 2.30. The lowest BCUT2D eigenvalue weighted by Crippen LogP contribution is -2.76. The molecule has 7 heteroatoms. The van der Waals surface area contributed by atoms with Gasteiger partial charge in [-0.05, 0) is 13.0 Å². The summed E-state index contributed by atoms with van der Waals surface area (Å²) in [5.41, 5.74) is 3.40. The molecule has 0 heterocycles. The van der Waals surface area contributed by atoms with Crippen molar-refractivity contribution in [3.63, 3.8) is 0 Å². The molecular formula is C17H23N3O4+2. The zero-order valence-corrected chi connectivity index (χ0v) is 13.9. The summed E-state index contributed by atoms with van der Waals surface area (Å²) in [5, 5.41) is 13.3. The molecule has 0 spiro atoms. The van der Waals surface area contributed by atoms with Crippen molar-refractivity contribution in [2.24, 2.45) is 0 Å². The number of ether oxygens (including phenoxy) is 1. The van der Waals surface area contributed by atoms with Crippen LogP contribution in [0.3, 0.4) is 0 Å². The van der Waals surface area contributed by atoms with Crippen molar-refractivity contribution in [3.8, 4) is 0 Å². The van der Waals surface area contributed by atoms with Crippen LogP contribution < -0.4 is 10.8 Å². The maximum Gasteiger partial charge on any atom is 0.320 e. The highest BCUT2D eigenvalue weighted by molar-refractivity contribution is 5.97. The maximum atomic E-state index is 11.6. The van der Waals surface area contributed by atoms with Gasteiger partial charge in [-0.2, -0.15) is 5.48 Å². The number of para-hydroxylation sites is 1. The number of nitrogens with one attached hydrogen (secondary N) is 1. The van der Waals surface area contributed by atoms with Gasteiger partial charge in [-0.1, -0.05) is 24.3 Å². The van der Waals surface area contributed by atoms with Crippen molar-refractivity contribution >= 4 is 23.0 Å². The van der Waals surface area contributed by atoms with Crippen LogP contribution in [0.15, 0.2) is 48.3 Å². The van der Waals surface area contributed by atoms with Crippen LogP contribution in [-0.4, -0.2) is 41.8 Å². The first-order valence-electron chi connectivity index (χ1n) is 7.74. The number of quaternary nitrogens is 1. The molecule has 0 unspecified atom stereocenters. The van der Waals surface area contributed by atoms with Gasteiger partial charge in [0, 0.05) is 23.4 Å². The SMILES string of the molecule is CCNC(=O)COC1=CC=CC/C1=[N+](/O)c1ccccc1[NH2+]OC. The van der Waals surface area contributed by atoms with E-state index in [2.05, 4.69) is 5.32 Å². The molecule has 1 aromatic carbocycles. The zero-order valence-electron chi connectivity index (χ0n) is 13.9. The molecule has 7 nitrogen and oxygen atoms in total. The summed E-state index contributed by atoms with van der Waals surface area (Å²) in [5.74, 6) is 0.253. The number of nitrogens with two attached hydrogens (primary N) is 1. The average molecular weight is 333 g/mol. The van der Waals surface area contributed by atoms with Crippen LogP contribution >= 0.6 is 0 Å². The summed E-state index contributed by atoms with van der Waals surface area (Å²) in [6, 6.07) is 7.29. The van der Waals surface area contributed by atoms with E-state index in [-0.39, 0.29) is 12.5 Å². The largest absolute Gasteiger partial charge is 0.477 e. The van der Waals surface area contributed by atoms with E-state index in [0.29, 0.717) is 30.1 Å². The molecule has 0 saturated heterocycles. The third kappa shape index (κ3) is 4.43. The van der Waals surface area contributed by atoms with Gasteiger partial charge in [-0.15, -0.1) is 0 Å². The van der Waals surface area contributed by atoms with Gasteiger partial charge >= 0.3 is 5.69 Å². The van der Waals surface area contributed by atoms with Crippen molar-refractivity contribution in [3.05, 3.63) is 48.3 Å². The molecule has 0 atom stereocenters. The predicted octanol–water partition coefficient (Wildman–Crippen LogP) is 0.914. The van der Waals surface area contributed by atoms with Gasteiger partial charge in [-0.3, -0.25) is 10.0 Å². The number of benzene rings is 1. The molecule has 1 aromatic rings. The molecule has 1 amide bonds. The van der Waals surface area contributed by atoms with Gasteiger partial charge in [0.2, 0.25) is 5.69 Å². The van der Waals surface area contributed by atoms with Crippen molar-refractivity contribution in [2.45, 2.75) is 13.3 Å². The number of carbonyl (C=O) groups excluding carboxylic acids is 1. The van der Waals surface area contributed by atoms with Crippen LogP contribution in [0, 0.1) is 0 Å². The van der Waals surface area contributed by atoms with E-state index >= 15 is 0 Å². The van der Waals surface area contributed by atoms with Gasteiger partial charge in [0.25, 0.3) is 11.6 Å². The number of carbonyl (C=O) groups is 1. The molecule has 4 N–H and O–H groups in total. The molecule has 24 heavy (non-hydrogen) atoms. The highest BCUT2D eigenvalue weighted by Crippen LogP contribution is 2.22. The van der Waals surface area contributed by atoms with Gasteiger partial charge < -0.3 is 10.1 Å². The summed E-state index contributed by atoms with van der Waals surface area (Å²) in [7, 11) is 1.55. The first kappa shape index (κ1) is 17.7. The summed E-state index contributed by atoms with van der Waals surface area (Å²) in [6.45, 7) is 2.29. The molecule has 0 aromatic heterocycles. The Morgan fingerprint density at radius 3 is 2.96 bits per heavy atom. The summed E-state index contributed by atoms with van der Waals surface area (Å²) < 4.78 is 6.64. The molecule has 0 aliphatic heterocycles. The Morgan fingerprint density at radius 2 is 2.21 bits per heavy atom. The first-order chi connectivity index (χ1) is 11.7. The Balaban J connectivity index is 2.26. The van der Waals surface area contributed by atoms with E-state index in [9.17, 15) is 10.0 Å². The fraction of sp³-hybridized carbons (Fsp3) is 0.294. The van der Waals surface area contributed by atoms with Crippen LogP contribution in [0.25, 0.3) is 0 Å². The fourth-order valence-corrected chi connectivity index (χ4v) is 2.30. The normalized spacial score (nSPS) is 15.7. The van der Waals surface area contributed by atoms with Crippen molar-refractivity contribution in [1.29, 1.82) is 0 Å². The van der Waals surface area contributed by atoms with E-state index in [1.165, 1.54) is 0 Å². The van der Waals surface area contributed by atoms with Gasteiger partial charge in [0.05, 0.1) is 13.5 Å². The van der Waals surface area contributed by atoms with E-state index in [4.69, 9.17) is 9.57 Å². The molecule has 1 aliphatic rings. The Bertz CT molecular complexity index is 680. The van der Waals surface area contributed by atoms with Crippen LogP contribution in [0.5, 0.6) is 0 Å². The molecule has 2 rings (SSSR count). The van der Waals surface area contributed by atoms with Crippen LogP contribution in [0.4, 0.5) is 11.4 Å². The van der Waals surface area contributed by atoms with Crippen LogP contribution in [0.2, 0.25) is 0 Å². The molecule has 0 saturated carbocycles. The lowest BCUT2D eigenvalue weighted by molar-refractivity contribution is -0.834. The number of hydrogen-bond donors (Lipinski definition) is 3. The van der Waals surface area contributed by atoms with Crippen LogP contribution in [-0.2, 0) is 14.4 Å². The van der Waals surface area contributed by atoms with E-state index in [1.807, 2.05) is 37.3 Å². The van der Waals surface area contributed by atoms with E-state index in [1.54, 1.807) is 24.7 Å². The number of nitrogens with zero attached hydrogens (tertiary/aromatic N) is 1. The summed E-state index contributed by atoms with van der Waals surface area (Å²) >= 11 is 0. The summed E-state index contributed by atoms with van der Waals surface area (Å²) in [4.78, 5) is 16.6. The standard InChI is InChI=1S/C17H21N3O4/c1-3-18-17(21)12-24-16-11-7-6-10-15(16)20(22)14-9-5-4-8-13(14)19-23-2/h4-9,11,19H,3,10,12H2,1-2H3,(H-,18,21,22)/p+2/b20-15-. The van der Waals surface area contributed by atoms with Crippen LogP contribution in [0.1, 0.15) is 13.3 Å². The highest BCUT2D eigenvalue weighted by atomic mass is 16.6. The monoisotopic (exact) mass is 333 g/mol. The van der Waals surface area contributed by atoms with Gasteiger partial charge in [0.15, 0.2) is 12.4 Å². The number of rotatable bonds is 7. The number of amides is 1. The number of allylic oxidation sites excluding steroid dienone is 4. The Hall–Kier alpha value is -2.64. The second-order valence-corrected chi connectivity index (χ2v) is 5.08. The van der Waals surface area contributed by atoms with Crippen molar-refractivity contribution < 1.29 is 29.8 Å². The zero-order chi connectivity index (χ0) is 17.4. The van der Waals surface area contributed by atoms with Crippen molar-refractivity contribution in [1.82, 2.24) is 5.32 Å². The minimum Gasteiger partial charge on any atom is -0.477 e. The maximum absolute atomic E-state index is 11.6. The molecule has 1 aliphatic carbocycles. The lowest BCUT2D eigenvalue weighted by Gasteiger charge is -2.11. The Labute approximate surface area is 140 Å². The summed E-state index contributed by atoms with van der Waals surface area (Å²) in [6.07, 6.45) is 5.95.